The predicted octanol–water partition coefficient (Wildman–Crippen LogP) is 1.06. The summed E-state index contributed by atoms with van der Waals surface area (Å²) in [5, 5.41) is 9.16. The third kappa shape index (κ3) is 2.84. The van der Waals surface area contributed by atoms with Gasteiger partial charge in [-0.05, 0) is 11.8 Å². The van der Waals surface area contributed by atoms with E-state index in [2.05, 4.69) is 4.98 Å². The Kier molecular flexibility index (Phi) is 4.11. The van der Waals surface area contributed by atoms with Gasteiger partial charge in [0.05, 0.1) is 5.92 Å². The number of aliphatic carboxylic acids is 1. The van der Waals surface area contributed by atoms with Crippen LogP contribution < -0.4 is 10.5 Å². The molecule has 0 aliphatic carbocycles. The Morgan fingerprint density at radius 2 is 2.20 bits per heavy atom. The van der Waals surface area contributed by atoms with Gasteiger partial charge in [0.25, 0.3) is 5.56 Å². The number of carbonyl (C=O) groups is 1. The van der Waals surface area contributed by atoms with Crippen LogP contribution in [-0.4, -0.2) is 33.7 Å². The van der Waals surface area contributed by atoms with Crippen molar-refractivity contribution in [1.82, 2.24) is 9.55 Å². The molecule has 1 aliphatic heterocycles. The number of nitrogens with zero attached hydrogens (tertiary/aromatic N) is 3. The molecule has 6 nitrogen and oxygen atoms in total. The highest BCUT2D eigenvalue weighted by Gasteiger charge is 2.36. The Balaban J connectivity index is 2.26. The van der Waals surface area contributed by atoms with Crippen molar-refractivity contribution in [3.05, 3.63) is 22.7 Å². The summed E-state index contributed by atoms with van der Waals surface area (Å²) in [4.78, 5) is 29.5. The summed E-state index contributed by atoms with van der Waals surface area (Å²) in [5.41, 5.74) is -0.139. The van der Waals surface area contributed by atoms with Crippen LogP contribution in [0.25, 0.3) is 0 Å². The molecule has 110 valence electrons. The molecule has 2 rings (SSSR count). The lowest BCUT2D eigenvalue weighted by Gasteiger charge is -2.18. The lowest BCUT2D eigenvalue weighted by Crippen LogP contribution is -2.33. The van der Waals surface area contributed by atoms with Crippen LogP contribution in [0.3, 0.4) is 0 Å². The third-order valence-corrected chi connectivity index (χ3v) is 3.69. The normalized spacial score (nSPS) is 22.5. The second-order valence-corrected chi connectivity index (χ2v) is 5.93. The molecular weight excluding hydrogens is 258 g/mol. The number of hydrogen-bond donors (Lipinski definition) is 1. The number of hydrogen-bond acceptors (Lipinski definition) is 4. The fraction of sp³-hybridized carbons (Fsp3) is 0.643. The molecule has 1 aliphatic rings. The molecule has 1 fully saturated rings. The Hall–Kier alpha value is -1.85. The maximum Gasteiger partial charge on any atom is 0.308 e. The molecule has 0 saturated carbocycles. The van der Waals surface area contributed by atoms with Gasteiger partial charge in [0, 0.05) is 32.0 Å². The first kappa shape index (κ1) is 14.6. The SMILES string of the molecule is CC(C)Cn1ccnc(N2C[C@@H](C)[C@H](C(=O)O)C2)c1=O. The molecule has 0 amide bonds. The maximum absolute atomic E-state index is 12.4. The van der Waals surface area contributed by atoms with E-state index < -0.39 is 11.9 Å². The minimum Gasteiger partial charge on any atom is -0.481 e. The van der Waals surface area contributed by atoms with E-state index in [4.69, 9.17) is 5.11 Å². The number of carboxylic acid groups (broad SMARTS) is 1. The van der Waals surface area contributed by atoms with E-state index in [1.165, 1.54) is 0 Å². The van der Waals surface area contributed by atoms with Gasteiger partial charge >= 0.3 is 5.97 Å². The van der Waals surface area contributed by atoms with Gasteiger partial charge in [0.15, 0.2) is 5.82 Å². The summed E-state index contributed by atoms with van der Waals surface area (Å²) >= 11 is 0. The van der Waals surface area contributed by atoms with Crippen molar-refractivity contribution >= 4 is 11.8 Å². The number of anilines is 1. The van der Waals surface area contributed by atoms with E-state index in [0.29, 0.717) is 31.4 Å². The first-order valence-electron chi connectivity index (χ1n) is 6.93. The first-order valence-corrected chi connectivity index (χ1v) is 6.93. The molecule has 6 heteroatoms. The van der Waals surface area contributed by atoms with Crippen molar-refractivity contribution < 1.29 is 9.90 Å². The van der Waals surface area contributed by atoms with E-state index in [0.717, 1.165) is 0 Å². The fourth-order valence-corrected chi connectivity index (χ4v) is 2.65. The van der Waals surface area contributed by atoms with Crippen molar-refractivity contribution in [2.75, 3.05) is 18.0 Å². The first-order chi connectivity index (χ1) is 9.40. The fourth-order valence-electron chi connectivity index (χ4n) is 2.65. The summed E-state index contributed by atoms with van der Waals surface area (Å²) in [7, 11) is 0. The van der Waals surface area contributed by atoms with Crippen LogP contribution in [0.2, 0.25) is 0 Å². The maximum atomic E-state index is 12.4. The molecule has 1 N–H and O–H groups in total. The largest absolute Gasteiger partial charge is 0.481 e. The second kappa shape index (κ2) is 5.64. The summed E-state index contributed by atoms with van der Waals surface area (Å²) in [5.74, 6) is -0.489. The van der Waals surface area contributed by atoms with Gasteiger partial charge in [-0.3, -0.25) is 9.59 Å². The van der Waals surface area contributed by atoms with Crippen molar-refractivity contribution in [3.8, 4) is 0 Å². The summed E-state index contributed by atoms with van der Waals surface area (Å²) in [6.45, 7) is 7.54. The zero-order valence-corrected chi connectivity index (χ0v) is 12.1. The van der Waals surface area contributed by atoms with Crippen LogP contribution in [0.4, 0.5) is 5.82 Å². The number of rotatable bonds is 4. The van der Waals surface area contributed by atoms with Crippen LogP contribution in [0.1, 0.15) is 20.8 Å². The predicted molar refractivity (Wildman–Crippen MR) is 75.8 cm³/mol. The molecule has 1 saturated heterocycles. The van der Waals surface area contributed by atoms with Crippen LogP contribution in [0, 0.1) is 17.8 Å². The van der Waals surface area contributed by atoms with Gasteiger partial charge in [0.2, 0.25) is 0 Å². The molecule has 0 spiro atoms. The van der Waals surface area contributed by atoms with Crippen LogP contribution in [-0.2, 0) is 11.3 Å². The minimum atomic E-state index is -0.807. The summed E-state index contributed by atoms with van der Waals surface area (Å²) in [6, 6.07) is 0. The van der Waals surface area contributed by atoms with Gasteiger partial charge < -0.3 is 14.6 Å². The van der Waals surface area contributed by atoms with Crippen molar-refractivity contribution in [2.24, 2.45) is 17.8 Å². The third-order valence-electron chi connectivity index (χ3n) is 3.69. The lowest BCUT2D eigenvalue weighted by atomic mass is 9.99. The Bertz CT molecular complexity index is 553. The molecule has 1 aromatic rings. The topological polar surface area (TPSA) is 75.4 Å². The van der Waals surface area contributed by atoms with E-state index in [9.17, 15) is 9.59 Å². The van der Waals surface area contributed by atoms with Crippen LogP contribution >= 0.6 is 0 Å². The van der Waals surface area contributed by atoms with E-state index in [-0.39, 0.29) is 11.5 Å². The van der Waals surface area contributed by atoms with E-state index in [1.807, 2.05) is 20.8 Å². The van der Waals surface area contributed by atoms with E-state index >= 15 is 0 Å². The Labute approximate surface area is 118 Å². The Morgan fingerprint density at radius 3 is 2.75 bits per heavy atom. The van der Waals surface area contributed by atoms with Gasteiger partial charge in [0.1, 0.15) is 0 Å². The van der Waals surface area contributed by atoms with Gasteiger partial charge in [-0.15, -0.1) is 0 Å². The summed E-state index contributed by atoms with van der Waals surface area (Å²) in [6.07, 6.45) is 3.29. The summed E-state index contributed by atoms with van der Waals surface area (Å²) < 4.78 is 1.64. The standard InChI is InChI=1S/C14H21N3O3/c1-9(2)6-16-5-4-15-12(13(16)18)17-7-10(3)11(8-17)14(19)20/h4-5,9-11H,6-8H2,1-3H3,(H,19,20)/t10-,11-/m1/s1. The van der Waals surface area contributed by atoms with Crippen molar-refractivity contribution in [1.29, 1.82) is 0 Å². The lowest BCUT2D eigenvalue weighted by molar-refractivity contribution is -0.142. The highest BCUT2D eigenvalue weighted by atomic mass is 16.4. The molecule has 0 bridgehead atoms. The van der Waals surface area contributed by atoms with Gasteiger partial charge in [-0.2, -0.15) is 0 Å². The Morgan fingerprint density at radius 1 is 1.50 bits per heavy atom. The van der Waals surface area contributed by atoms with Crippen molar-refractivity contribution in [2.45, 2.75) is 27.3 Å². The molecule has 0 unspecified atom stereocenters. The minimum absolute atomic E-state index is 0.0208. The molecule has 1 aromatic heterocycles. The highest BCUT2D eigenvalue weighted by molar-refractivity contribution is 5.72. The van der Waals surface area contributed by atoms with Crippen LogP contribution in [0.15, 0.2) is 17.2 Å². The number of aromatic nitrogens is 2. The highest BCUT2D eigenvalue weighted by Crippen LogP contribution is 2.25. The van der Waals surface area contributed by atoms with Gasteiger partial charge in [-0.1, -0.05) is 20.8 Å². The quantitative estimate of drug-likeness (QED) is 0.891. The average Bonchev–Trinajstić information content (AvgIpc) is 2.73. The number of carboxylic acids is 1. The zero-order chi connectivity index (χ0) is 14.9. The average molecular weight is 279 g/mol. The van der Waals surface area contributed by atoms with Gasteiger partial charge in [-0.25, -0.2) is 4.98 Å². The molecule has 2 heterocycles. The molecule has 2 atom stereocenters. The molecule has 0 aromatic carbocycles. The smallest absolute Gasteiger partial charge is 0.308 e. The monoisotopic (exact) mass is 279 g/mol. The van der Waals surface area contributed by atoms with Crippen LogP contribution in [0.5, 0.6) is 0 Å². The molecular formula is C14H21N3O3. The van der Waals surface area contributed by atoms with Crippen molar-refractivity contribution in [3.63, 3.8) is 0 Å². The molecule has 20 heavy (non-hydrogen) atoms. The zero-order valence-electron chi connectivity index (χ0n) is 12.1. The van der Waals surface area contributed by atoms with E-state index in [1.54, 1.807) is 21.9 Å². The molecule has 0 radical (unpaired) electrons. The second-order valence-electron chi connectivity index (χ2n) is 5.93.